The van der Waals surface area contributed by atoms with Gasteiger partial charge in [-0.1, -0.05) is 25.5 Å². The van der Waals surface area contributed by atoms with Crippen molar-refractivity contribution in [1.82, 2.24) is 0 Å². The molecule has 1 heteroatoms. The second-order valence-electron chi connectivity index (χ2n) is 10.9. The van der Waals surface area contributed by atoms with Crippen molar-refractivity contribution >= 4 is 0 Å². The zero-order valence-corrected chi connectivity index (χ0v) is 17.6. The average Bonchev–Trinajstić information content (AvgIpc) is 2.99. The van der Waals surface area contributed by atoms with Gasteiger partial charge in [0, 0.05) is 12.5 Å². The van der Waals surface area contributed by atoms with E-state index in [1.54, 1.807) is 5.57 Å². The van der Waals surface area contributed by atoms with Gasteiger partial charge in [0.25, 0.3) is 0 Å². The van der Waals surface area contributed by atoms with E-state index in [1.165, 1.54) is 51.4 Å². The van der Waals surface area contributed by atoms with Crippen molar-refractivity contribution in [2.45, 2.75) is 85.2 Å². The summed E-state index contributed by atoms with van der Waals surface area (Å²) in [5.41, 5.74) is 2.63. The highest BCUT2D eigenvalue weighted by Gasteiger charge is 2.60. The van der Waals surface area contributed by atoms with Gasteiger partial charge in [0.05, 0.1) is 6.10 Å². The maximum absolute atomic E-state index is 5.96. The largest absolute Gasteiger partial charge is 0.381 e. The van der Waals surface area contributed by atoms with Gasteiger partial charge in [-0.2, -0.15) is 0 Å². The van der Waals surface area contributed by atoms with Crippen LogP contribution in [0.3, 0.4) is 0 Å². The Morgan fingerprint density at radius 2 is 1.88 bits per heavy atom. The lowest BCUT2D eigenvalue weighted by Crippen LogP contribution is -2.51. The molecule has 0 aromatic rings. The van der Waals surface area contributed by atoms with Crippen LogP contribution in [0.5, 0.6) is 0 Å². The lowest BCUT2D eigenvalue weighted by Gasteiger charge is -2.59. The summed E-state index contributed by atoms with van der Waals surface area (Å²) in [5, 5.41) is 0. The molecule has 3 fully saturated rings. The number of hydrogen-bond donors (Lipinski definition) is 0. The van der Waals surface area contributed by atoms with Gasteiger partial charge < -0.3 is 4.74 Å². The summed E-state index contributed by atoms with van der Waals surface area (Å²) in [6.07, 6.45) is 19.6. The molecule has 7 atom stereocenters. The number of hydrogen-bond acceptors (Lipinski definition) is 1. The Labute approximate surface area is 161 Å². The molecule has 4 unspecified atom stereocenters. The van der Waals surface area contributed by atoms with Crippen LogP contribution in [0.2, 0.25) is 0 Å². The fourth-order valence-corrected chi connectivity index (χ4v) is 8.11. The molecule has 0 aliphatic heterocycles. The van der Waals surface area contributed by atoms with E-state index in [9.17, 15) is 0 Å². The summed E-state index contributed by atoms with van der Waals surface area (Å²) < 4.78 is 5.71. The highest BCUT2D eigenvalue weighted by atomic mass is 16.5. The topological polar surface area (TPSA) is 9.23 Å². The van der Waals surface area contributed by atoms with Gasteiger partial charge in [-0.05, 0) is 99.7 Å². The first-order valence-electron chi connectivity index (χ1n) is 11.0. The van der Waals surface area contributed by atoms with Gasteiger partial charge in [-0.3, -0.25) is 0 Å². The van der Waals surface area contributed by atoms with Crippen molar-refractivity contribution in [3.8, 4) is 12.3 Å². The fraction of sp³-hybridized carbons (Fsp3) is 0.840. The third-order valence-corrected chi connectivity index (χ3v) is 9.64. The molecule has 4 aliphatic rings. The molecule has 144 valence electrons. The fourth-order valence-electron chi connectivity index (χ4n) is 8.11. The van der Waals surface area contributed by atoms with Crippen molar-refractivity contribution in [2.75, 3.05) is 7.11 Å². The Hall–Kier alpha value is -0.740. The molecule has 3 saturated carbocycles. The number of fused-ring (bicyclic) bond motifs is 5. The van der Waals surface area contributed by atoms with Crippen molar-refractivity contribution in [3.05, 3.63) is 11.6 Å². The molecule has 0 aromatic carbocycles. The molecule has 0 radical (unpaired) electrons. The first-order valence-corrected chi connectivity index (χ1v) is 11.0. The standard InChI is InChI=1S/C25H38O/c1-7-23(2,3)22-11-10-20-19-9-8-17-16-18(26-6)12-14-24(17,4)21(19)13-15-25(20,22)5/h1,8,18-22H,9-16H2,2-6H3/t18?,19?,20-,21-,22+,24?,25?/m0/s1. The molecule has 0 bridgehead atoms. The summed E-state index contributed by atoms with van der Waals surface area (Å²) in [7, 11) is 1.89. The third-order valence-electron chi connectivity index (χ3n) is 9.64. The van der Waals surface area contributed by atoms with E-state index in [0.29, 0.717) is 22.9 Å². The highest BCUT2D eigenvalue weighted by Crippen LogP contribution is 2.68. The molecule has 0 spiro atoms. The van der Waals surface area contributed by atoms with Crippen LogP contribution < -0.4 is 0 Å². The van der Waals surface area contributed by atoms with Crippen molar-refractivity contribution in [3.63, 3.8) is 0 Å². The lowest BCUT2D eigenvalue weighted by atomic mass is 9.46. The molecule has 26 heavy (non-hydrogen) atoms. The predicted molar refractivity (Wildman–Crippen MR) is 109 cm³/mol. The number of rotatable bonds is 2. The van der Waals surface area contributed by atoms with Crippen LogP contribution in [0.15, 0.2) is 11.6 Å². The summed E-state index contributed by atoms with van der Waals surface area (Å²) in [6.45, 7) is 9.79. The quantitative estimate of drug-likeness (QED) is 0.421. The van der Waals surface area contributed by atoms with E-state index < -0.39 is 0 Å². The van der Waals surface area contributed by atoms with Gasteiger partial charge in [-0.25, -0.2) is 0 Å². The van der Waals surface area contributed by atoms with Crippen LogP contribution in [0.1, 0.15) is 79.1 Å². The second kappa shape index (κ2) is 6.13. The molecule has 0 saturated heterocycles. The molecule has 4 rings (SSSR count). The van der Waals surface area contributed by atoms with Crippen LogP contribution >= 0.6 is 0 Å². The van der Waals surface area contributed by atoms with E-state index in [0.717, 1.165) is 17.8 Å². The average molecular weight is 355 g/mol. The Bertz CT molecular complexity index is 637. The smallest absolute Gasteiger partial charge is 0.0608 e. The second-order valence-corrected chi connectivity index (χ2v) is 10.9. The number of methoxy groups -OCH3 is 1. The molecule has 0 heterocycles. The maximum Gasteiger partial charge on any atom is 0.0608 e. The zero-order valence-electron chi connectivity index (χ0n) is 17.6. The van der Waals surface area contributed by atoms with E-state index in [-0.39, 0.29) is 5.41 Å². The molecular weight excluding hydrogens is 316 g/mol. The minimum absolute atomic E-state index is 0.0342. The minimum atomic E-state index is 0.0342. The van der Waals surface area contributed by atoms with Crippen LogP contribution in [-0.4, -0.2) is 13.2 Å². The lowest BCUT2D eigenvalue weighted by molar-refractivity contribution is -0.0638. The summed E-state index contributed by atoms with van der Waals surface area (Å²) in [6, 6.07) is 0. The third kappa shape index (κ3) is 2.47. The van der Waals surface area contributed by atoms with Gasteiger partial charge in [0.2, 0.25) is 0 Å². The van der Waals surface area contributed by atoms with E-state index >= 15 is 0 Å². The van der Waals surface area contributed by atoms with Crippen molar-refractivity contribution < 1.29 is 4.74 Å². The predicted octanol–water partition coefficient (Wildman–Crippen LogP) is 6.24. The van der Waals surface area contributed by atoms with E-state index in [1.807, 2.05) is 7.11 Å². The Balaban J connectivity index is 1.63. The first kappa shape index (κ1) is 18.6. The van der Waals surface area contributed by atoms with Gasteiger partial charge in [-0.15, -0.1) is 12.3 Å². The maximum atomic E-state index is 5.96. The van der Waals surface area contributed by atoms with Crippen LogP contribution in [-0.2, 0) is 4.74 Å². The molecule has 4 aliphatic carbocycles. The number of allylic oxidation sites excluding steroid dienone is 1. The zero-order chi connectivity index (χ0) is 18.7. The SMILES string of the molecule is C#CC(C)(C)[C@H]1CC[C@H]2C3CC=C4CC(OC)CCC4(C)[C@H]3CCC12C. The molecule has 0 aromatic heterocycles. The monoisotopic (exact) mass is 354 g/mol. The summed E-state index contributed by atoms with van der Waals surface area (Å²) in [5.74, 6) is 6.46. The molecular formula is C25H38O. The summed E-state index contributed by atoms with van der Waals surface area (Å²) >= 11 is 0. The van der Waals surface area contributed by atoms with E-state index in [4.69, 9.17) is 11.2 Å². The normalized spacial score (nSPS) is 48.0. The van der Waals surface area contributed by atoms with E-state index in [2.05, 4.69) is 39.7 Å². The van der Waals surface area contributed by atoms with Crippen LogP contribution in [0, 0.1) is 52.3 Å². The van der Waals surface area contributed by atoms with Gasteiger partial charge in [0.1, 0.15) is 0 Å². The number of ether oxygens (including phenoxy) is 1. The Morgan fingerprint density at radius 1 is 1.12 bits per heavy atom. The molecule has 0 amide bonds. The molecule has 1 nitrogen and oxygen atoms in total. The van der Waals surface area contributed by atoms with Gasteiger partial charge in [0.15, 0.2) is 0 Å². The number of terminal acetylenes is 1. The molecule has 0 N–H and O–H groups in total. The summed E-state index contributed by atoms with van der Waals surface area (Å²) in [4.78, 5) is 0. The Morgan fingerprint density at radius 3 is 2.58 bits per heavy atom. The van der Waals surface area contributed by atoms with Crippen LogP contribution in [0.4, 0.5) is 0 Å². The minimum Gasteiger partial charge on any atom is -0.381 e. The van der Waals surface area contributed by atoms with Crippen molar-refractivity contribution in [1.29, 1.82) is 0 Å². The van der Waals surface area contributed by atoms with Gasteiger partial charge >= 0.3 is 0 Å². The van der Waals surface area contributed by atoms with Crippen molar-refractivity contribution in [2.24, 2.45) is 39.9 Å². The Kier molecular flexibility index (Phi) is 4.39. The first-order chi connectivity index (χ1) is 12.3. The highest BCUT2D eigenvalue weighted by molar-refractivity contribution is 5.26. The van der Waals surface area contributed by atoms with Crippen LogP contribution in [0.25, 0.3) is 0 Å².